The molecule has 0 heterocycles. The van der Waals surface area contributed by atoms with Crippen LogP contribution in [0.15, 0.2) is 115 Å². The zero-order chi connectivity index (χ0) is 24.2. The Morgan fingerprint density at radius 1 is 0.556 bits per heavy atom. The van der Waals surface area contributed by atoms with Crippen molar-refractivity contribution < 1.29 is 0 Å². The highest BCUT2D eigenvalue weighted by Gasteiger charge is 2.15. The van der Waals surface area contributed by atoms with Crippen molar-refractivity contribution in [2.24, 2.45) is 0 Å². The molecule has 5 aromatic carbocycles. The Labute approximate surface area is 214 Å². The Morgan fingerprint density at radius 3 is 1.75 bits per heavy atom. The Balaban J connectivity index is 1.24. The SMILES string of the molecule is C(=C1CCCc2ccccc21)N(CCc1ccc2ccccc2c1)CCc1ccc2ccccc2c1. The average Bonchev–Trinajstić information content (AvgIpc) is 2.94. The molecule has 1 nitrogen and oxygen atoms in total. The summed E-state index contributed by atoms with van der Waals surface area (Å²) in [5, 5.41) is 5.29. The number of hydrogen-bond acceptors (Lipinski definition) is 1. The molecule has 0 radical (unpaired) electrons. The second-order valence-corrected chi connectivity index (χ2v) is 10.1. The van der Waals surface area contributed by atoms with Crippen molar-refractivity contribution in [3.63, 3.8) is 0 Å². The number of hydrogen-bond donors (Lipinski definition) is 0. The van der Waals surface area contributed by atoms with Gasteiger partial charge < -0.3 is 4.90 Å². The highest BCUT2D eigenvalue weighted by atomic mass is 15.1. The molecule has 0 unspecified atom stereocenters. The second kappa shape index (κ2) is 10.4. The van der Waals surface area contributed by atoms with Crippen LogP contribution in [0.2, 0.25) is 0 Å². The molecule has 0 saturated carbocycles. The quantitative estimate of drug-likeness (QED) is 0.232. The smallest absolute Gasteiger partial charge is 0.0213 e. The van der Waals surface area contributed by atoms with Crippen molar-refractivity contribution in [1.29, 1.82) is 0 Å². The minimum absolute atomic E-state index is 1.03. The predicted molar refractivity (Wildman–Crippen MR) is 154 cm³/mol. The topological polar surface area (TPSA) is 3.24 Å². The maximum atomic E-state index is 2.57. The lowest BCUT2D eigenvalue weighted by molar-refractivity contribution is 0.384. The van der Waals surface area contributed by atoms with Crippen molar-refractivity contribution >= 4 is 27.1 Å². The lowest BCUT2D eigenvalue weighted by Gasteiger charge is -2.26. The van der Waals surface area contributed by atoms with E-state index in [4.69, 9.17) is 0 Å². The van der Waals surface area contributed by atoms with E-state index < -0.39 is 0 Å². The number of benzene rings is 5. The molecule has 0 aromatic heterocycles. The fourth-order valence-electron chi connectivity index (χ4n) is 5.58. The van der Waals surface area contributed by atoms with E-state index in [1.54, 1.807) is 0 Å². The predicted octanol–water partition coefficient (Wildman–Crippen LogP) is 8.46. The molecule has 0 amide bonds. The normalized spacial score (nSPS) is 14.3. The second-order valence-electron chi connectivity index (χ2n) is 10.1. The van der Waals surface area contributed by atoms with Gasteiger partial charge in [-0.3, -0.25) is 0 Å². The summed E-state index contributed by atoms with van der Waals surface area (Å²) in [5.74, 6) is 0. The van der Waals surface area contributed by atoms with Crippen molar-refractivity contribution in [3.05, 3.63) is 138 Å². The van der Waals surface area contributed by atoms with Crippen molar-refractivity contribution in [2.75, 3.05) is 13.1 Å². The number of aryl methyl sites for hydroxylation is 1. The van der Waals surface area contributed by atoms with Crippen LogP contribution in [-0.4, -0.2) is 18.0 Å². The van der Waals surface area contributed by atoms with Crippen molar-refractivity contribution in [1.82, 2.24) is 4.90 Å². The van der Waals surface area contributed by atoms with Crippen LogP contribution in [0.3, 0.4) is 0 Å². The largest absolute Gasteiger partial charge is 0.376 e. The lowest BCUT2D eigenvalue weighted by Crippen LogP contribution is -2.24. The van der Waals surface area contributed by atoms with Gasteiger partial charge in [-0.25, -0.2) is 0 Å². The summed E-state index contributed by atoms with van der Waals surface area (Å²) < 4.78 is 0. The van der Waals surface area contributed by atoms with Crippen molar-refractivity contribution in [2.45, 2.75) is 32.1 Å². The Hall–Kier alpha value is -3.84. The van der Waals surface area contributed by atoms with Gasteiger partial charge in [-0.15, -0.1) is 0 Å². The minimum atomic E-state index is 1.03. The van der Waals surface area contributed by atoms with E-state index in [-0.39, 0.29) is 0 Å². The maximum Gasteiger partial charge on any atom is 0.0213 e. The van der Waals surface area contributed by atoms with Gasteiger partial charge in [0, 0.05) is 19.3 Å². The van der Waals surface area contributed by atoms with Crippen LogP contribution in [0.1, 0.15) is 35.1 Å². The molecule has 5 aromatic rings. The molecule has 0 aliphatic heterocycles. The summed E-state index contributed by atoms with van der Waals surface area (Å²) in [6.45, 7) is 2.05. The first kappa shape index (κ1) is 22.6. The molecule has 1 aliphatic carbocycles. The monoisotopic (exact) mass is 467 g/mol. The van der Waals surface area contributed by atoms with Gasteiger partial charge in [0.15, 0.2) is 0 Å². The van der Waals surface area contributed by atoms with Gasteiger partial charge in [0.25, 0.3) is 0 Å². The third kappa shape index (κ3) is 5.06. The number of rotatable bonds is 7. The summed E-state index contributed by atoms with van der Waals surface area (Å²) in [6, 6.07) is 40.1. The first-order valence-electron chi connectivity index (χ1n) is 13.3. The first-order valence-corrected chi connectivity index (χ1v) is 13.3. The van der Waals surface area contributed by atoms with Crippen LogP contribution >= 0.6 is 0 Å². The number of nitrogens with zero attached hydrogens (tertiary/aromatic N) is 1. The molecule has 36 heavy (non-hydrogen) atoms. The van der Waals surface area contributed by atoms with Gasteiger partial charge >= 0.3 is 0 Å². The van der Waals surface area contributed by atoms with E-state index >= 15 is 0 Å². The molecule has 1 aliphatic rings. The van der Waals surface area contributed by atoms with Crippen LogP contribution in [0.25, 0.3) is 27.1 Å². The first-order chi connectivity index (χ1) is 17.8. The molecule has 0 N–H and O–H groups in total. The molecular formula is C35H33N. The highest BCUT2D eigenvalue weighted by Crippen LogP contribution is 2.31. The number of fused-ring (bicyclic) bond motifs is 3. The summed E-state index contributed by atoms with van der Waals surface area (Å²) >= 11 is 0. The average molecular weight is 468 g/mol. The van der Waals surface area contributed by atoms with E-state index in [0.29, 0.717) is 0 Å². The zero-order valence-electron chi connectivity index (χ0n) is 20.9. The van der Waals surface area contributed by atoms with Crippen LogP contribution in [0.4, 0.5) is 0 Å². The van der Waals surface area contributed by atoms with Gasteiger partial charge in [0.1, 0.15) is 0 Å². The third-order valence-corrected chi connectivity index (χ3v) is 7.60. The summed E-state index contributed by atoms with van der Waals surface area (Å²) in [6.07, 6.45) is 8.18. The third-order valence-electron chi connectivity index (χ3n) is 7.60. The Morgan fingerprint density at radius 2 is 1.11 bits per heavy atom. The van der Waals surface area contributed by atoms with E-state index in [2.05, 4.69) is 120 Å². The summed E-state index contributed by atoms with van der Waals surface area (Å²) in [7, 11) is 0. The Bertz CT molecular complexity index is 1440. The van der Waals surface area contributed by atoms with E-state index in [0.717, 1.165) is 25.9 Å². The van der Waals surface area contributed by atoms with Crippen LogP contribution in [0.5, 0.6) is 0 Å². The lowest BCUT2D eigenvalue weighted by atomic mass is 9.88. The molecule has 0 atom stereocenters. The van der Waals surface area contributed by atoms with Crippen LogP contribution in [-0.2, 0) is 19.3 Å². The Kier molecular flexibility index (Phi) is 6.54. The molecule has 0 saturated heterocycles. The van der Waals surface area contributed by atoms with Crippen LogP contribution in [0, 0.1) is 0 Å². The van der Waals surface area contributed by atoms with Gasteiger partial charge in [-0.1, -0.05) is 109 Å². The van der Waals surface area contributed by atoms with Gasteiger partial charge in [-0.2, -0.15) is 0 Å². The highest BCUT2D eigenvalue weighted by molar-refractivity contribution is 5.83. The van der Waals surface area contributed by atoms with E-state index in [1.807, 2.05) is 0 Å². The van der Waals surface area contributed by atoms with E-state index in [9.17, 15) is 0 Å². The summed E-state index contributed by atoms with van der Waals surface area (Å²) in [4.78, 5) is 2.57. The minimum Gasteiger partial charge on any atom is -0.376 e. The van der Waals surface area contributed by atoms with Gasteiger partial charge in [0.05, 0.1) is 0 Å². The maximum absolute atomic E-state index is 2.57. The van der Waals surface area contributed by atoms with E-state index in [1.165, 1.54) is 68.6 Å². The van der Waals surface area contributed by atoms with Crippen LogP contribution < -0.4 is 0 Å². The molecule has 0 spiro atoms. The zero-order valence-corrected chi connectivity index (χ0v) is 20.9. The molecule has 1 heteroatoms. The fourth-order valence-corrected chi connectivity index (χ4v) is 5.58. The molecule has 0 fully saturated rings. The molecular weight excluding hydrogens is 434 g/mol. The fraction of sp³-hybridized carbons (Fsp3) is 0.200. The molecule has 0 bridgehead atoms. The molecule has 6 rings (SSSR count). The van der Waals surface area contributed by atoms with Gasteiger partial charge in [0.2, 0.25) is 0 Å². The number of allylic oxidation sites excluding steroid dienone is 1. The standard InChI is InChI=1S/C35H33N/c1-3-11-32-24-27(16-18-29(32)8-1)20-22-36(26-34-14-7-13-31-10-5-6-15-35(31)34)23-21-28-17-19-30-9-2-4-12-33(30)25-28/h1-6,8-12,15-19,24-26H,7,13-14,20-23H2. The molecule has 178 valence electrons. The van der Waals surface area contributed by atoms with Gasteiger partial charge in [-0.05, 0) is 81.5 Å². The van der Waals surface area contributed by atoms with Crippen molar-refractivity contribution in [3.8, 4) is 0 Å². The summed E-state index contributed by atoms with van der Waals surface area (Å²) in [5.41, 5.74) is 7.26.